The van der Waals surface area contributed by atoms with Gasteiger partial charge >= 0.3 is 0 Å². The van der Waals surface area contributed by atoms with E-state index in [1.165, 1.54) is 37.7 Å². The van der Waals surface area contributed by atoms with E-state index in [-0.39, 0.29) is 0 Å². The lowest BCUT2D eigenvalue weighted by atomic mass is 9.75. The van der Waals surface area contributed by atoms with Gasteiger partial charge in [-0.05, 0) is 54.6 Å². The number of thiocarbonyl (C=S) groups is 1. The van der Waals surface area contributed by atoms with E-state index >= 15 is 0 Å². The van der Waals surface area contributed by atoms with Crippen LogP contribution in [0.5, 0.6) is 11.5 Å². The predicted octanol–water partition coefficient (Wildman–Crippen LogP) is 3.30. The average Bonchev–Trinajstić information content (AvgIpc) is 3.07. The summed E-state index contributed by atoms with van der Waals surface area (Å²) in [6.07, 6.45) is 6.93. The van der Waals surface area contributed by atoms with Crippen LogP contribution in [0.4, 0.5) is 0 Å². The molecule has 2 atom stereocenters. The minimum absolute atomic E-state index is 0.320. The molecular weight excluding hydrogens is 308 g/mol. The molecule has 4 nitrogen and oxygen atoms in total. The van der Waals surface area contributed by atoms with E-state index < -0.39 is 0 Å². The Morgan fingerprint density at radius 1 is 1.13 bits per heavy atom. The molecule has 2 fully saturated rings. The van der Waals surface area contributed by atoms with Crippen LogP contribution < -0.4 is 14.8 Å². The van der Waals surface area contributed by atoms with Crippen molar-refractivity contribution in [3.8, 4) is 11.5 Å². The molecule has 0 bridgehead atoms. The highest BCUT2D eigenvalue weighted by molar-refractivity contribution is 7.80. The van der Waals surface area contributed by atoms with Crippen molar-refractivity contribution < 1.29 is 9.47 Å². The van der Waals surface area contributed by atoms with Crippen LogP contribution in [0.3, 0.4) is 0 Å². The molecule has 0 spiro atoms. The van der Waals surface area contributed by atoms with E-state index in [4.69, 9.17) is 21.7 Å². The zero-order valence-corrected chi connectivity index (χ0v) is 14.2. The summed E-state index contributed by atoms with van der Waals surface area (Å²) < 4.78 is 10.8. The van der Waals surface area contributed by atoms with Gasteiger partial charge in [0.25, 0.3) is 0 Å². The zero-order valence-electron chi connectivity index (χ0n) is 13.4. The molecule has 23 heavy (non-hydrogen) atoms. The third-order valence-electron chi connectivity index (χ3n) is 5.46. The number of ether oxygens (including phenoxy) is 2. The van der Waals surface area contributed by atoms with Crippen molar-refractivity contribution in [1.29, 1.82) is 0 Å². The second-order valence-corrected chi connectivity index (χ2v) is 7.27. The molecule has 2 aliphatic heterocycles. The summed E-state index contributed by atoms with van der Waals surface area (Å²) in [7, 11) is 0. The van der Waals surface area contributed by atoms with Crippen LogP contribution in [-0.4, -0.2) is 29.9 Å². The average molecular weight is 332 g/mol. The molecule has 1 aromatic carbocycles. The molecule has 2 heterocycles. The summed E-state index contributed by atoms with van der Waals surface area (Å²) in [4.78, 5) is 2.37. The Labute approximate surface area is 143 Å². The van der Waals surface area contributed by atoms with E-state index in [1.807, 2.05) is 12.1 Å². The zero-order chi connectivity index (χ0) is 15.6. The number of nitrogens with zero attached hydrogens (tertiary/aromatic N) is 1. The number of hydrogen-bond acceptors (Lipinski definition) is 3. The van der Waals surface area contributed by atoms with E-state index in [9.17, 15) is 0 Å². The molecule has 4 rings (SSSR count). The minimum atomic E-state index is 0.320. The highest BCUT2D eigenvalue weighted by Gasteiger charge is 2.31. The lowest BCUT2D eigenvalue weighted by Crippen LogP contribution is -2.48. The van der Waals surface area contributed by atoms with Crippen LogP contribution >= 0.6 is 12.2 Å². The van der Waals surface area contributed by atoms with Crippen molar-refractivity contribution >= 4 is 17.3 Å². The monoisotopic (exact) mass is 332 g/mol. The summed E-state index contributed by atoms with van der Waals surface area (Å²) in [6, 6.07) is 6.07. The molecular formula is C18H24N2O2S. The Hall–Kier alpha value is -1.49. The van der Waals surface area contributed by atoms with Gasteiger partial charge in [0, 0.05) is 19.6 Å². The maximum absolute atomic E-state index is 5.63. The fourth-order valence-electron chi connectivity index (χ4n) is 4.13. The maximum Gasteiger partial charge on any atom is 0.231 e. The smallest absolute Gasteiger partial charge is 0.231 e. The highest BCUT2D eigenvalue weighted by Crippen LogP contribution is 2.36. The summed E-state index contributed by atoms with van der Waals surface area (Å²) >= 11 is 5.63. The number of piperidine rings is 1. The Morgan fingerprint density at radius 2 is 1.96 bits per heavy atom. The molecule has 1 aromatic rings. The Morgan fingerprint density at radius 3 is 2.87 bits per heavy atom. The summed E-state index contributed by atoms with van der Waals surface area (Å²) in [5.41, 5.74) is 1.17. The topological polar surface area (TPSA) is 33.7 Å². The van der Waals surface area contributed by atoms with Crippen molar-refractivity contribution in [1.82, 2.24) is 10.2 Å². The first-order valence-electron chi connectivity index (χ1n) is 8.71. The van der Waals surface area contributed by atoms with Gasteiger partial charge in [0.1, 0.15) is 0 Å². The number of fused-ring (bicyclic) bond motifs is 2. The van der Waals surface area contributed by atoms with Crippen molar-refractivity contribution in [2.45, 2.75) is 38.6 Å². The first kappa shape index (κ1) is 15.1. The molecule has 0 aromatic heterocycles. The van der Waals surface area contributed by atoms with E-state index in [0.717, 1.165) is 48.1 Å². The number of hydrogen-bond donors (Lipinski definition) is 1. The van der Waals surface area contributed by atoms with Crippen LogP contribution in [0, 0.1) is 11.8 Å². The van der Waals surface area contributed by atoms with Gasteiger partial charge in [0.2, 0.25) is 6.79 Å². The molecule has 0 radical (unpaired) electrons. The Bertz CT molecular complexity index is 592. The normalized spacial score (nSPS) is 25.8. The largest absolute Gasteiger partial charge is 0.454 e. The number of benzene rings is 1. The first-order chi connectivity index (χ1) is 11.3. The molecule has 1 saturated heterocycles. The number of rotatable bonds is 2. The highest BCUT2D eigenvalue weighted by atomic mass is 32.1. The molecule has 1 aliphatic carbocycles. The quantitative estimate of drug-likeness (QED) is 0.841. The van der Waals surface area contributed by atoms with E-state index in [0.29, 0.717) is 6.79 Å². The Balaban J connectivity index is 1.31. The number of likely N-dealkylation sites (tertiary alicyclic amines) is 1. The van der Waals surface area contributed by atoms with Crippen molar-refractivity contribution in [3.05, 3.63) is 23.8 Å². The van der Waals surface area contributed by atoms with Crippen LogP contribution in [-0.2, 0) is 6.54 Å². The molecule has 1 N–H and O–H groups in total. The van der Waals surface area contributed by atoms with Gasteiger partial charge in [-0.1, -0.05) is 25.3 Å². The number of nitrogens with one attached hydrogen (secondary N) is 1. The van der Waals surface area contributed by atoms with Crippen LogP contribution in [0.25, 0.3) is 0 Å². The standard InChI is InChI=1S/C18H24N2O2S/c23-18(20-8-7-14-3-1-2-4-15(14)11-20)19-10-13-5-6-16-17(9-13)22-12-21-16/h5-6,9,14-15H,1-4,7-8,10-12H2,(H,19,23)/t14-,15-/m0/s1. The summed E-state index contributed by atoms with van der Waals surface area (Å²) in [6.45, 7) is 3.30. The first-order valence-corrected chi connectivity index (χ1v) is 9.12. The third-order valence-corrected chi connectivity index (χ3v) is 5.86. The van der Waals surface area contributed by atoms with Crippen LogP contribution in [0.1, 0.15) is 37.7 Å². The van der Waals surface area contributed by atoms with Crippen LogP contribution in [0.15, 0.2) is 18.2 Å². The van der Waals surface area contributed by atoms with Gasteiger partial charge in [-0.2, -0.15) is 0 Å². The van der Waals surface area contributed by atoms with E-state index in [1.54, 1.807) is 0 Å². The van der Waals surface area contributed by atoms with Crippen molar-refractivity contribution in [2.75, 3.05) is 19.9 Å². The Kier molecular flexibility index (Phi) is 4.29. The molecule has 0 unspecified atom stereocenters. The second kappa shape index (κ2) is 6.56. The molecule has 1 saturated carbocycles. The molecule has 124 valence electrons. The van der Waals surface area contributed by atoms with Crippen molar-refractivity contribution in [2.24, 2.45) is 11.8 Å². The third kappa shape index (κ3) is 3.25. The van der Waals surface area contributed by atoms with E-state index in [2.05, 4.69) is 16.3 Å². The summed E-state index contributed by atoms with van der Waals surface area (Å²) in [5.74, 6) is 3.45. The summed E-state index contributed by atoms with van der Waals surface area (Å²) in [5, 5.41) is 4.31. The lowest BCUT2D eigenvalue weighted by molar-refractivity contribution is 0.129. The van der Waals surface area contributed by atoms with Crippen molar-refractivity contribution in [3.63, 3.8) is 0 Å². The van der Waals surface area contributed by atoms with Gasteiger partial charge in [-0.15, -0.1) is 0 Å². The van der Waals surface area contributed by atoms with Gasteiger partial charge in [-0.3, -0.25) is 0 Å². The van der Waals surface area contributed by atoms with Gasteiger partial charge in [0.15, 0.2) is 16.6 Å². The second-order valence-electron chi connectivity index (χ2n) is 6.89. The fourth-order valence-corrected chi connectivity index (χ4v) is 4.36. The fraction of sp³-hybridized carbons (Fsp3) is 0.611. The maximum atomic E-state index is 5.63. The van der Waals surface area contributed by atoms with Gasteiger partial charge < -0.3 is 19.7 Å². The van der Waals surface area contributed by atoms with Gasteiger partial charge in [0.05, 0.1) is 0 Å². The predicted molar refractivity (Wildman–Crippen MR) is 93.6 cm³/mol. The molecule has 3 aliphatic rings. The van der Waals surface area contributed by atoms with Gasteiger partial charge in [-0.25, -0.2) is 0 Å². The molecule has 5 heteroatoms. The van der Waals surface area contributed by atoms with Crippen LogP contribution in [0.2, 0.25) is 0 Å². The molecule has 0 amide bonds. The SMILES string of the molecule is S=C(NCc1ccc2c(c1)OCO2)N1CC[C@@H]2CCCC[C@H]2C1. The minimum Gasteiger partial charge on any atom is -0.454 e. The lowest BCUT2D eigenvalue weighted by Gasteiger charge is -2.42.